The van der Waals surface area contributed by atoms with Gasteiger partial charge in [0.05, 0.1) is 12.6 Å². The molecule has 0 aromatic rings. The van der Waals surface area contributed by atoms with E-state index in [0.717, 1.165) is 0 Å². The van der Waals surface area contributed by atoms with Gasteiger partial charge in [0.1, 0.15) is 5.72 Å². The zero-order chi connectivity index (χ0) is 9.35. The quantitative estimate of drug-likeness (QED) is 0.605. The molecular formula is C8H13NO3. The molecule has 4 heteroatoms. The van der Waals surface area contributed by atoms with Crippen molar-refractivity contribution in [3.8, 4) is 0 Å². The van der Waals surface area contributed by atoms with Gasteiger partial charge in [0.15, 0.2) is 0 Å². The largest absolute Gasteiger partial charge is 0.465 e. The van der Waals surface area contributed by atoms with Gasteiger partial charge in [0.25, 0.3) is 0 Å². The average molecular weight is 171 g/mol. The van der Waals surface area contributed by atoms with Crippen LogP contribution in [0.4, 0.5) is 4.79 Å². The van der Waals surface area contributed by atoms with E-state index in [2.05, 4.69) is 6.58 Å². The van der Waals surface area contributed by atoms with Crippen molar-refractivity contribution in [2.75, 3.05) is 6.61 Å². The third-order valence-electron chi connectivity index (χ3n) is 2.00. The average Bonchev–Trinajstić information content (AvgIpc) is 2.24. The second-order valence-corrected chi connectivity index (χ2v) is 3.21. The van der Waals surface area contributed by atoms with Crippen LogP contribution in [0.1, 0.15) is 13.8 Å². The van der Waals surface area contributed by atoms with Gasteiger partial charge in [-0.1, -0.05) is 6.08 Å². The summed E-state index contributed by atoms with van der Waals surface area (Å²) in [6.45, 7) is 7.40. The minimum absolute atomic E-state index is 0.225. The van der Waals surface area contributed by atoms with Gasteiger partial charge in [-0.05, 0) is 13.8 Å². The predicted octanol–water partition coefficient (Wildman–Crippen LogP) is 1.29. The number of carboxylic acid groups (broad SMARTS) is 1. The highest BCUT2D eigenvalue weighted by Crippen LogP contribution is 2.27. The molecule has 1 heterocycles. The van der Waals surface area contributed by atoms with E-state index in [0.29, 0.717) is 6.61 Å². The highest BCUT2D eigenvalue weighted by atomic mass is 16.5. The molecule has 4 nitrogen and oxygen atoms in total. The highest BCUT2D eigenvalue weighted by Gasteiger charge is 2.42. The zero-order valence-corrected chi connectivity index (χ0v) is 7.28. The summed E-state index contributed by atoms with van der Waals surface area (Å²) in [5.41, 5.74) is -0.731. The van der Waals surface area contributed by atoms with Crippen LogP contribution in [0.15, 0.2) is 12.7 Å². The molecule has 0 bridgehead atoms. The van der Waals surface area contributed by atoms with Gasteiger partial charge in [-0.15, -0.1) is 6.58 Å². The van der Waals surface area contributed by atoms with E-state index in [-0.39, 0.29) is 6.04 Å². The molecule has 1 N–H and O–H groups in total. The molecule has 0 aromatic carbocycles. The number of amides is 1. The molecule has 1 amide bonds. The summed E-state index contributed by atoms with van der Waals surface area (Å²) in [5.74, 6) is 0. The first-order chi connectivity index (χ1) is 5.49. The van der Waals surface area contributed by atoms with Crippen LogP contribution in [0.2, 0.25) is 0 Å². The second-order valence-electron chi connectivity index (χ2n) is 3.21. The van der Waals surface area contributed by atoms with Gasteiger partial charge in [0, 0.05) is 0 Å². The molecule has 1 aliphatic rings. The first-order valence-corrected chi connectivity index (χ1v) is 3.78. The van der Waals surface area contributed by atoms with Gasteiger partial charge >= 0.3 is 6.09 Å². The van der Waals surface area contributed by atoms with Crippen LogP contribution in [0.25, 0.3) is 0 Å². The molecule has 12 heavy (non-hydrogen) atoms. The van der Waals surface area contributed by atoms with Crippen molar-refractivity contribution in [2.45, 2.75) is 25.6 Å². The van der Waals surface area contributed by atoms with Crippen molar-refractivity contribution >= 4 is 6.09 Å². The number of rotatable bonds is 1. The molecule has 1 saturated heterocycles. The van der Waals surface area contributed by atoms with Crippen molar-refractivity contribution < 1.29 is 14.6 Å². The van der Waals surface area contributed by atoms with E-state index in [1.807, 2.05) is 0 Å². The van der Waals surface area contributed by atoms with E-state index in [9.17, 15) is 4.79 Å². The van der Waals surface area contributed by atoms with E-state index in [4.69, 9.17) is 9.84 Å². The van der Waals surface area contributed by atoms with E-state index in [1.165, 1.54) is 4.90 Å². The molecule has 0 unspecified atom stereocenters. The third kappa shape index (κ3) is 1.30. The Hall–Kier alpha value is -1.03. The Balaban J connectivity index is 2.87. The summed E-state index contributed by atoms with van der Waals surface area (Å²) in [6.07, 6.45) is 0.616. The lowest BCUT2D eigenvalue weighted by atomic mass is 10.2. The molecule has 1 atom stereocenters. The van der Waals surface area contributed by atoms with Crippen LogP contribution in [-0.4, -0.2) is 34.5 Å². The fourth-order valence-electron chi connectivity index (χ4n) is 1.38. The van der Waals surface area contributed by atoms with E-state index >= 15 is 0 Å². The summed E-state index contributed by atoms with van der Waals surface area (Å²) >= 11 is 0. The van der Waals surface area contributed by atoms with E-state index in [1.54, 1.807) is 19.9 Å². The topological polar surface area (TPSA) is 49.8 Å². The van der Waals surface area contributed by atoms with Crippen LogP contribution in [0.5, 0.6) is 0 Å². The number of nitrogens with zero attached hydrogens (tertiary/aromatic N) is 1. The highest BCUT2D eigenvalue weighted by molar-refractivity contribution is 5.67. The standard InChI is InChI=1S/C8H13NO3/c1-4-6-5-12-8(2,3)9(6)7(10)11/h4,6H,1,5H2,2-3H3,(H,10,11)/t6-/m0/s1. The molecule has 1 rings (SSSR count). The fraction of sp³-hybridized carbons (Fsp3) is 0.625. The normalized spacial score (nSPS) is 27.2. The monoisotopic (exact) mass is 171 g/mol. The number of hydrogen-bond donors (Lipinski definition) is 1. The Morgan fingerprint density at radius 3 is 2.75 bits per heavy atom. The van der Waals surface area contributed by atoms with Crippen LogP contribution in [0, 0.1) is 0 Å². The minimum atomic E-state index is -0.970. The fourth-order valence-corrected chi connectivity index (χ4v) is 1.38. The molecule has 0 radical (unpaired) electrons. The Kier molecular flexibility index (Phi) is 2.10. The van der Waals surface area contributed by atoms with Gasteiger partial charge in [-0.3, -0.25) is 4.90 Å². The molecule has 0 spiro atoms. The maximum absolute atomic E-state index is 10.8. The molecule has 0 aromatic heterocycles. The van der Waals surface area contributed by atoms with Crippen LogP contribution < -0.4 is 0 Å². The van der Waals surface area contributed by atoms with Crippen molar-refractivity contribution in [1.82, 2.24) is 4.90 Å². The summed E-state index contributed by atoms with van der Waals surface area (Å²) < 4.78 is 5.29. The Morgan fingerprint density at radius 2 is 2.42 bits per heavy atom. The lowest BCUT2D eigenvalue weighted by Gasteiger charge is -2.29. The van der Waals surface area contributed by atoms with Gasteiger partial charge in [0.2, 0.25) is 0 Å². The first kappa shape index (κ1) is 9.06. The zero-order valence-electron chi connectivity index (χ0n) is 7.28. The predicted molar refractivity (Wildman–Crippen MR) is 43.9 cm³/mol. The van der Waals surface area contributed by atoms with Gasteiger partial charge in [-0.2, -0.15) is 0 Å². The van der Waals surface area contributed by atoms with E-state index < -0.39 is 11.8 Å². The van der Waals surface area contributed by atoms with Gasteiger partial charge < -0.3 is 9.84 Å². The van der Waals surface area contributed by atoms with Crippen molar-refractivity contribution in [1.29, 1.82) is 0 Å². The summed E-state index contributed by atoms with van der Waals surface area (Å²) in [6, 6.07) is -0.225. The molecule has 0 saturated carbocycles. The Morgan fingerprint density at radius 1 is 1.83 bits per heavy atom. The number of ether oxygens (including phenoxy) is 1. The lowest BCUT2D eigenvalue weighted by molar-refractivity contribution is -0.0409. The Bertz CT molecular complexity index is 212. The summed E-state index contributed by atoms with van der Waals surface area (Å²) in [7, 11) is 0. The minimum Gasteiger partial charge on any atom is -0.465 e. The summed E-state index contributed by atoms with van der Waals surface area (Å²) in [5, 5.41) is 8.85. The van der Waals surface area contributed by atoms with Crippen molar-refractivity contribution in [2.24, 2.45) is 0 Å². The smallest absolute Gasteiger partial charge is 0.410 e. The van der Waals surface area contributed by atoms with Gasteiger partial charge in [-0.25, -0.2) is 4.79 Å². The first-order valence-electron chi connectivity index (χ1n) is 3.78. The van der Waals surface area contributed by atoms with Crippen molar-refractivity contribution in [3.63, 3.8) is 0 Å². The SMILES string of the molecule is C=C[C@H]1COC(C)(C)N1C(=O)O. The van der Waals surface area contributed by atoms with Crippen LogP contribution in [0.3, 0.4) is 0 Å². The summed E-state index contributed by atoms with van der Waals surface area (Å²) in [4.78, 5) is 12.0. The second kappa shape index (κ2) is 2.79. The molecule has 1 fully saturated rings. The Labute approximate surface area is 71.4 Å². The maximum Gasteiger partial charge on any atom is 0.410 e. The maximum atomic E-state index is 10.8. The molecule has 1 aliphatic heterocycles. The van der Waals surface area contributed by atoms with Crippen LogP contribution in [-0.2, 0) is 4.74 Å². The third-order valence-corrected chi connectivity index (χ3v) is 2.00. The van der Waals surface area contributed by atoms with Crippen LogP contribution >= 0.6 is 0 Å². The number of hydrogen-bond acceptors (Lipinski definition) is 2. The van der Waals surface area contributed by atoms with Crippen molar-refractivity contribution in [3.05, 3.63) is 12.7 Å². The molecule has 68 valence electrons. The lowest BCUT2D eigenvalue weighted by Crippen LogP contribution is -2.46. The molecular weight excluding hydrogens is 158 g/mol. The number of carbonyl (C=O) groups is 1. The molecule has 0 aliphatic carbocycles.